The van der Waals surface area contributed by atoms with Crippen LogP contribution in [0.5, 0.6) is 0 Å². The van der Waals surface area contributed by atoms with Crippen LogP contribution in [-0.2, 0) is 11.2 Å². The third-order valence-electron chi connectivity index (χ3n) is 7.39. The molecule has 1 atom stereocenters. The van der Waals surface area contributed by atoms with Gasteiger partial charge in [0.2, 0.25) is 0 Å². The van der Waals surface area contributed by atoms with Crippen LogP contribution in [0.1, 0.15) is 49.5 Å². The molecule has 0 saturated carbocycles. The zero-order chi connectivity index (χ0) is 24.7. The third kappa shape index (κ3) is 6.13. The van der Waals surface area contributed by atoms with E-state index in [0.29, 0.717) is 18.6 Å². The average Bonchev–Trinajstić information content (AvgIpc) is 2.86. The Bertz CT molecular complexity index is 932. The number of nitrogens with zero attached hydrogens (tertiary/aromatic N) is 3. The zero-order valence-electron chi connectivity index (χ0n) is 21.6. The van der Waals surface area contributed by atoms with Crippen LogP contribution in [0.3, 0.4) is 0 Å². The van der Waals surface area contributed by atoms with Gasteiger partial charge >= 0.3 is 0 Å². The van der Waals surface area contributed by atoms with E-state index in [1.54, 1.807) is 0 Å². The Morgan fingerprint density at radius 1 is 0.941 bits per heavy atom. The van der Waals surface area contributed by atoms with E-state index in [-0.39, 0.29) is 11.7 Å². The molecule has 0 spiro atoms. The summed E-state index contributed by atoms with van der Waals surface area (Å²) in [6, 6.07) is 18.4. The Labute approximate surface area is 205 Å². The molecular formula is C29H41N3O2. The van der Waals surface area contributed by atoms with E-state index in [1.807, 2.05) is 58.3 Å². The summed E-state index contributed by atoms with van der Waals surface area (Å²) in [5.74, 6) is 0.639. The number of Topliss-reactive ketones (excluding diaryl/α,β-unsaturated/α-hetero) is 2. The summed E-state index contributed by atoms with van der Waals surface area (Å²) in [5, 5.41) is 0. The highest BCUT2D eigenvalue weighted by Crippen LogP contribution is 2.29. The summed E-state index contributed by atoms with van der Waals surface area (Å²) in [5.41, 5.74) is 2.53. The molecule has 2 aromatic rings. The highest BCUT2D eigenvalue weighted by molar-refractivity contribution is 6.03. The lowest BCUT2D eigenvalue weighted by molar-refractivity contribution is -0.122. The Hall–Kier alpha value is -2.50. The van der Waals surface area contributed by atoms with Crippen LogP contribution in [0.15, 0.2) is 54.6 Å². The molecule has 1 heterocycles. The standard InChI is InChI=1S/C29H41N3O2/c1-6-29(30(4)5,22-24-10-8-7-9-11-24)28(34)25-12-14-26(15-13-25)32-20-18-31(19-21-32)17-16-27(33)23(2)3/h7-15,23H,6,16-22H2,1-5H3. The number of hydrogen-bond donors (Lipinski definition) is 0. The van der Waals surface area contributed by atoms with E-state index in [4.69, 9.17) is 0 Å². The average molecular weight is 464 g/mol. The van der Waals surface area contributed by atoms with Gasteiger partial charge in [-0.15, -0.1) is 0 Å². The minimum absolute atomic E-state index is 0.120. The summed E-state index contributed by atoms with van der Waals surface area (Å²) in [6.07, 6.45) is 2.08. The first-order valence-electron chi connectivity index (χ1n) is 12.6. The first kappa shape index (κ1) is 26.1. The van der Waals surface area contributed by atoms with Gasteiger partial charge in [-0.1, -0.05) is 51.1 Å². The highest BCUT2D eigenvalue weighted by atomic mass is 16.1. The molecule has 1 fully saturated rings. The summed E-state index contributed by atoms with van der Waals surface area (Å²) < 4.78 is 0. The number of piperazine rings is 1. The molecule has 1 unspecified atom stereocenters. The van der Waals surface area contributed by atoms with Crippen molar-refractivity contribution in [3.05, 3.63) is 65.7 Å². The van der Waals surface area contributed by atoms with Crippen molar-refractivity contribution in [2.75, 3.05) is 51.7 Å². The molecule has 0 radical (unpaired) electrons. The Balaban J connectivity index is 1.65. The second-order valence-corrected chi connectivity index (χ2v) is 10.0. The van der Waals surface area contributed by atoms with Crippen molar-refractivity contribution in [1.29, 1.82) is 0 Å². The van der Waals surface area contributed by atoms with Gasteiger partial charge in [0.15, 0.2) is 5.78 Å². The van der Waals surface area contributed by atoms with Crippen LogP contribution >= 0.6 is 0 Å². The second kappa shape index (κ2) is 11.8. The molecule has 1 aliphatic rings. The summed E-state index contributed by atoms with van der Waals surface area (Å²) >= 11 is 0. The first-order valence-corrected chi connectivity index (χ1v) is 12.6. The number of carbonyl (C=O) groups is 2. The zero-order valence-corrected chi connectivity index (χ0v) is 21.6. The van der Waals surface area contributed by atoms with Crippen molar-refractivity contribution < 1.29 is 9.59 Å². The van der Waals surface area contributed by atoms with E-state index in [1.165, 1.54) is 5.56 Å². The molecule has 0 N–H and O–H groups in total. The van der Waals surface area contributed by atoms with Gasteiger partial charge in [-0.05, 0) is 56.8 Å². The molecule has 1 saturated heterocycles. The number of benzene rings is 2. The Kier molecular flexibility index (Phi) is 9.03. The largest absolute Gasteiger partial charge is 0.369 e. The summed E-state index contributed by atoms with van der Waals surface area (Å²) in [4.78, 5) is 32.5. The minimum atomic E-state index is -0.568. The Morgan fingerprint density at radius 3 is 2.09 bits per heavy atom. The van der Waals surface area contributed by atoms with E-state index < -0.39 is 5.54 Å². The molecular weight excluding hydrogens is 422 g/mol. The number of rotatable bonds is 11. The predicted octanol–water partition coefficient (Wildman–Crippen LogP) is 4.56. The first-order chi connectivity index (χ1) is 16.3. The van der Waals surface area contributed by atoms with E-state index in [9.17, 15) is 9.59 Å². The fourth-order valence-electron chi connectivity index (χ4n) is 4.86. The Morgan fingerprint density at radius 2 is 1.56 bits per heavy atom. The minimum Gasteiger partial charge on any atom is -0.369 e. The monoisotopic (exact) mass is 463 g/mol. The quantitative estimate of drug-likeness (QED) is 0.457. The van der Waals surface area contributed by atoms with Crippen molar-refractivity contribution >= 4 is 17.3 Å². The van der Waals surface area contributed by atoms with Crippen molar-refractivity contribution in [2.45, 2.75) is 45.6 Å². The van der Waals surface area contributed by atoms with Crippen molar-refractivity contribution in [3.8, 4) is 0 Å². The molecule has 1 aliphatic heterocycles. The lowest BCUT2D eigenvalue weighted by Crippen LogP contribution is -2.52. The number of hydrogen-bond acceptors (Lipinski definition) is 5. The maximum Gasteiger partial charge on any atom is 0.183 e. The number of likely N-dealkylation sites (N-methyl/N-ethyl adjacent to an activating group) is 1. The van der Waals surface area contributed by atoms with Gasteiger partial charge in [0.1, 0.15) is 5.78 Å². The summed E-state index contributed by atoms with van der Waals surface area (Å²) in [7, 11) is 4.01. The van der Waals surface area contributed by atoms with Crippen LogP contribution in [0, 0.1) is 5.92 Å². The molecule has 5 nitrogen and oxygen atoms in total. The molecule has 0 aliphatic carbocycles. The maximum atomic E-state index is 13.8. The van der Waals surface area contributed by atoms with Crippen molar-refractivity contribution in [2.24, 2.45) is 5.92 Å². The molecule has 5 heteroatoms. The van der Waals surface area contributed by atoms with Crippen LogP contribution in [0.4, 0.5) is 5.69 Å². The molecule has 0 amide bonds. The van der Waals surface area contributed by atoms with E-state index in [2.05, 4.69) is 45.9 Å². The maximum absolute atomic E-state index is 13.8. The molecule has 0 aromatic heterocycles. The van der Waals surface area contributed by atoms with Gasteiger partial charge in [0.05, 0.1) is 5.54 Å². The molecule has 34 heavy (non-hydrogen) atoms. The van der Waals surface area contributed by atoms with Gasteiger partial charge < -0.3 is 4.90 Å². The van der Waals surface area contributed by atoms with Gasteiger partial charge in [0.25, 0.3) is 0 Å². The fraction of sp³-hybridized carbons (Fsp3) is 0.517. The fourth-order valence-corrected chi connectivity index (χ4v) is 4.86. The van der Waals surface area contributed by atoms with Crippen LogP contribution in [0.25, 0.3) is 0 Å². The molecule has 184 valence electrons. The van der Waals surface area contributed by atoms with E-state index >= 15 is 0 Å². The van der Waals surface area contributed by atoms with E-state index in [0.717, 1.165) is 50.4 Å². The van der Waals surface area contributed by atoms with Gasteiger partial charge in [-0.25, -0.2) is 0 Å². The topological polar surface area (TPSA) is 43.9 Å². The predicted molar refractivity (Wildman–Crippen MR) is 141 cm³/mol. The van der Waals surface area contributed by atoms with Gasteiger partial charge in [0, 0.05) is 56.3 Å². The van der Waals surface area contributed by atoms with Crippen LogP contribution < -0.4 is 4.90 Å². The lowest BCUT2D eigenvalue weighted by atomic mass is 9.80. The smallest absolute Gasteiger partial charge is 0.183 e. The second-order valence-electron chi connectivity index (χ2n) is 10.0. The third-order valence-corrected chi connectivity index (χ3v) is 7.39. The molecule has 3 rings (SSSR count). The van der Waals surface area contributed by atoms with Crippen LogP contribution in [0.2, 0.25) is 0 Å². The number of carbonyl (C=O) groups excluding carboxylic acids is 2. The van der Waals surface area contributed by atoms with Crippen molar-refractivity contribution in [3.63, 3.8) is 0 Å². The van der Waals surface area contributed by atoms with Gasteiger partial charge in [-0.2, -0.15) is 0 Å². The SMILES string of the molecule is CCC(Cc1ccccc1)(C(=O)c1ccc(N2CCN(CCC(=O)C(C)C)CC2)cc1)N(C)C. The molecule has 2 aromatic carbocycles. The van der Waals surface area contributed by atoms with Gasteiger partial charge in [-0.3, -0.25) is 19.4 Å². The lowest BCUT2D eigenvalue weighted by Gasteiger charge is -2.38. The highest BCUT2D eigenvalue weighted by Gasteiger charge is 2.39. The van der Waals surface area contributed by atoms with Crippen LogP contribution in [-0.4, -0.2) is 73.7 Å². The number of ketones is 2. The normalized spacial score (nSPS) is 16.6. The number of anilines is 1. The molecule has 0 bridgehead atoms. The van der Waals surface area contributed by atoms with Crippen molar-refractivity contribution in [1.82, 2.24) is 9.80 Å². The summed E-state index contributed by atoms with van der Waals surface area (Å²) in [6.45, 7) is 10.7.